The Morgan fingerprint density at radius 2 is 2.29 bits per heavy atom. The summed E-state index contributed by atoms with van der Waals surface area (Å²) in [6.07, 6.45) is 6.43. The van der Waals surface area contributed by atoms with E-state index in [0.717, 1.165) is 25.1 Å². The first kappa shape index (κ1) is 14.5. The van der Waals surface area contributed by atoms with Crippen molar-refractivity contribution in [3.05, 3.63) is 53.6 Å². The van der Waals surface area contributed by atoms with Crippen molar-refractivity contribution in [2.45, 2.75) is 18.3 Å². The van der Waals surface area contributed by atoms with Crippen LogP contribution in [0.5, 0.6) is 0 Å². The summed E-state index contributed by atoms with van der Waals surface area (Å²) in [6, 6.07) is 7.77. The number of halogens is 1. The van der Waals surface area contributed by atoms with E-state index >= 15 is 0 Å². The zero-order chi connectivity index (χ0) is 14.7. The van der Waals surface area contributed by atoms with Crippen molar-refractivity contribution in [2.75, 3.05) is 12.3 Å². The lowest BCUT2D eigenvalue weighted by molar-refractivity contribution is -0.128. The lowest BCUT2D eigenvalue weighted by atomic mass is 10.2. The van der Waals surface area contributed by atoms with Crippen molar-refractivity contribution in [3.63, 3.8) is 0 Å². The molecule has 1 unspecified atom stereocenters. The lowest BCUT2D eigenvalue weighted by Gasteiger charge is -2.24. The summed E-state index contributed by atoms with van der Waals surface area (Å²) in [5, 5.41) is 0.796. The number of hydrogen-bond acceptors (Lipinski definition) is 3. The number of amides is 1. The number of benzene rings is 1. The maximum absolute atomic E-state index is 12.1. The third-order valence-electron chi connectivity index (χ3n) is 3.48. The summed E-state index contributed by atoms with van der Waals surface area (Å²) >= 11 is 7.72. The molecule has 21 heavy (non-hydrogen) atoms. The molecule has 110 valence electrons. The highest BCUT2D eigenvalue weighted by molar-refractivity contribution is 8.00. The average Bonchev–Trinajstić information content (AvgIpc) is 3.10. The van der Waals surface area contributed by atoms with Gasteiger partial charge in [0.05, 0.1) is 12.1 Å². The largest absolute Gasteiger partial charge is 0.337 e. The minimum atomic E-state index is 0.0824. The normalized spacial score (nSPS) is 18.4. The number of carbonyl (C=O) groups excluding carboxylic acids is 1. The highest BCUT2D eigenvalue weighted by Crippen LogP contribution is 2.39. The Morgan fingerprint density at radius 3 is 3.05 bits per heavy atom. The van der Waals surface area contributed by atoms with E-state index in [1.807, 2.05) is 39.9 Å². The minimum Gasteiger partial charge on any atom is -0.337 e. The van der Waals surface area contributed by atoms with E-state index in [1.165, 1.54) is 0 Å². The van der Waals surface area contributed by atoms with Crippen LogP contribution < -0.4 is 0 Å². The molecule has 4 nitrogen and oxygen atoms in total. The predicted octanol–water partition coefficient (Wildman–Crippen LogP) is 3.20. The van der Waals surface area contributed by atoms with Gasteiger partial charge in [0.15, 0.2) is 0 Å². The molecule has 6 heteroatoms. The van der Waals surface area contributed by atoms with Crippen LogP contribution in [-0.2, 0) is 11.3 Å². The molecule has 0 saturated carbocycles. The van der Waals surface area contributed by atoms with Crippen LogP contribution in [0.4, 0.5) is 0 Å². The molecule has 1 aliphatic rings. The number of carbonyl (C=O) groups is 1. The fraction of sp³-hybridized carbons (Fsp3) is 0.333. The van der Waals surface area contributed by atoms with Gasteiger partial charge in [-0.3, -0.25) is 4.79 Å². The molecule has 1 fully saturated rings. The van der Waals surface area contributed by atoms with Crippen LogP contribution in [0.1, 0.15) is 17.4 Å². The van der Waals surface area contributed by atoms with Crippen molar-refractivity contribution in [3.8, 4) is 0 Å². The maximum Gasteiger partial charge on any atom is 0.233 e. The molecule has 1 aromatic heterocycles. The highest BCUT2D eigenvalue weighted by Gasteiger charge is 2.32. The van der Waals surface area contributed by atoms with Gasteiger partial charge in [0.25, 0.3) is 0 Å². The lowest BCUT2D eigenvalue weighted by Crippen LogP contribution is -2.29. The van der Waals surface area contributed by atoms with Crippen LogP contribution >= 0.6 is 23.4 Å². The first-order valence-electron chi connectivity index (χ1n) is 6.86. The number of imidazole rings is 1. The van der Waals surface area contributed by atoms with Crippen LogP contribution in [-0.4, -0.2) is 32.7 Å². The summed E-state index contributed by atoms with van der Waals surface area (Å²) in [5.41, 5.74) is 1.10. The molecule has 2 heterocycles. The van der Waals surface area contributed by atoms with Gasteiger partial charge in [-0.25, -0.2) is 4.98 Å². The van der Waals surface area contributed by atoms with Gasteiger partial charge in [-0.05, 0) is 24.1 Å². The fourth-order valence-electron chi connectivity index (χ4n) is 2.47. The van der Waals surface area contributed by atoms with Crippen molar-refractivity contribution in [2.24, 2.45) is 0 Å². The maximum atomic E-state index is 12.1. The molecule has 0 N–H and O–H groups in total. The number of rotatable bonds is 5. The number of aryl methyl sites for hydroxylation is 1. The van der Waals surface area contributed by atoms with Crippen LogP contribution in [0, 0.1) is 0 Å². The van der Waals surface area contributed by atoms with Crippen LogP contribution in [0.25, 0.3) is 0 Å². The molecular formula is C15H16ClN3OS. The van der Waals surface area contributed by atoms with Gasteiger partial charge in [-0.2, -0.15) is 0 Å². The third-order valence-corrected chi connectivity index (χ3v) is 4.97. The zero-order valence-corrected chi connectivity index (χ0v) is 13.1. The summed E-state index contributed by atoms with van der Waals surface area (Å²) < 4.78 is 2.03. The minimum absolute atomic E-state index is 0.0824. The van der Waals surface area contributed by atoms with Crippen molar-refractivity contribution in [1.82, 2.24) is 14.5 Å². The van der Waals surface area contributed by atoms with Crippen LogP contribution in [0.15, 0.2) is 43.0 Å². The number of nitrogens with zero attached hydrogens (tertiary/aromatic N) is 3. The topological polar surface area (TPSA) is 38.1 Å². The van der Waals surface area contributed by atoms with Crippen molar-refractivity contribution in [1.29, 1.82) is 0 Å². The van der Waals surface area contributed by atoms with E-state index in [9.17, 15) is 4.79 Å². The van der Waals surface area contributed by atoms with E-state index in [2.05, 4.69) is 4.98 Å². The van der Waals surface area contributed by atoms with Crippen LogP contribution in [0.2, 0.25) is 5.02 Å². The Balaban J connectivity index is 1.65. The molecule has 3 rings (SSSR count). The molecule has 0 spiro atoms. The molecular weight excluding hydrogens is 306 g/mol. The quantitative estimate of drug-likeness (QED) is 0.848. The van der Waals surface area contributed by atoms with Gasteiger partial charge >= 0.3 is 0 Å². The molecule has 2 aromatic rings. The molecule has 1 aromatic carbocycles. The Labute approximate surface area is 133 Å². The SMILES string of the molecule is O=C1CSC(c2cccc(Cl)c2)N1CCCn1ccnc1. The second kappa shape index (κ2) is 6.54. The number of thioether (sulfide) groups is 1. The molecule has 0 aliphatic carbocycles. The summed E-state index contributed by atoms with van der Waals surface area (Å²) in [5.74, 6) is 0.748. The zero-order valence-electron chi connectivity index (χ0n) is 11.5. The first-order chi connectivity index (χ1) is 10.2. The van der Waals surface area contributed by atoms with E-state index in [0.29, 0.717) is 10.8 Å². The standard InChI is InChI=1S/C15H16ClN3OS/c16-13-4-1-3-12(9-13)15-19(14(20)10-21-15)7-2-6-18-8-5-17-11-18/h1,3-5,8-9,11,15H,2,6-7,10H2. The van der Waals surface area contributed by atoms with Crippen molar-refractivity contribution < 1.29 is 4.79 Å². The molecule has 1 atom stereocenters. The predicted molar refractivity (Wildman–Crippen MR) is 85.2 cm³/mol. The Bertz CT molecular complexity index is 617. The van der Waals surface area contributed by atoms with E-state index < -0.39 is 0 Å². The molecule has 1 saturated heterocycles. The summed E-state index contributed by atoms with van der Waals surface area (Å²) in [6.45, 7) is 1.62. The van der Waals surface area contributed by atoms with E-state index in [1.54, 1.807) is 24.3 Å². The first-order valence-corrected chi connectivity index (χ1v) is 8.29. The molecule has 0 bridgehead atoms. The average molecular weight is 322 g/mol. The number of aromatic nitrogens is 2. The second-order valence-corrected chi connectivity index (χ2v) is 6.46. The smallest absolute Gasteiger partial charge is 0.233 e. The third kappa shape index (κ3) is 3.41. The molecule has 1 aliphatic heterocycles. The van der Waals surface area contributed by atoms with E-state index in [4.69, 9.17) is 11.6 Å². The van der Waals surface area contributed by atoms with Gasteiger partial charge < -0.3 is 9.47 Å². The second-order valence-electron chi connectivity index (χ2n) is 4.96. The summed E-state index contributed by atoms with van der Waals surface area (Å²) in [7, 11) is 0. The molecule has 0 radical (unpaired) electrons. The van der Waals surface area contributed by atoms with Gasteiger partial charge in [0.1, 0.15) is 5.37 Å². The van der Waals surface area contributed by atoms with Gasteiger partial charge in [-0.1, -0.05) is 23.7 Å². The van der Waals surface area contributed by atoms with Gasteiger partial charge in [0.2, 0.25) is 5.91 Å². The Morgan fingerprint density at radius 1 is 1.38 bits per heavy atom. The van der Waals surface area contributed by atoms with Crippen LogP contribution in [0.3, 0.4) is 0 Å². The van der Waals surface area contributed by atoms with E-state index in [-0.39, 0.29) is 11.3 Å². The molecule has 1 amide bonds. The van der Waals surface area contributed by atoms with Gasteiger partial charge in [-0.15, -0.1) is 11.8 Å². The summed E-state index contributed by atoms with van der Waals surface area (Å²) in [4.78, 5) is 18.1. The van der Waals surface area contributed by atoms with Crippen molar-refractivity contribution >= 4 is 29.3 Å². The number of hydrogen-bond donors (Lipinski definition) is 0. The Kier molecular flexibility index (Phi) is 4.51. The highest BCUT2D eigenvalue weighted by atomic mass is 35.5. The fourth-order valence-corrected chi connectivity index (χ4v) is 3.88. The monoisotopic (exact) mass is 321 g/mol. The Hall–Kier alpha value is -1.46. The van der Waals surface area contributed by atoms with Gasteiger partial charge in [0, 0.05) is 30.5 Å².